The fraction of sp³-hybridized carbons (Fsp3) is 0.333. The molecule has 2 N–H and O–H groups in total. The number of nitrogens with one attached hydrogen (secondary N) is 2. The number of amides is 2. The Balaban J connectivity index is 1.58. The van der Waals surface area contributed by atoms with Gasteiger partial charge in [-0.2, -0.15) is 11.3 Å². The lowest BCUT2D eigenvalue weighted by atomic mass is 10.1. The van der Waals surface area contributed by atoms with E-state index in [9.17, 15) is 18.4 Å². The molecule has 2 heterocycles. The second-order valence-corrected chi connectivity index (χ2v) is 6.89. The van der Waals surface area contributed by atoms with E-state index in [1.54, 1.807) is 11.3 Å². The summed E-state index contributed by atoms with van der Waals surface area (Å²) >= 11 is 1.59. The number of thiophene rings is 1. The summed E-state index contributed by atoms with van der Waals surface area (Å²) in [6.45, 7) is 2.22. The van der Waals surface area contributed by atoms with Crippen LogP contribution in [0.25, 0.3) is 0 Å². The molecule has 8 heteroatoms. The first-order chi connectivity index (χ1) is 12.5. The Morgan fingerprint density at radius 3 is 2.54 bits per heavy atom. The fourth-order valence-corrected chi connectivity index (χ4v) is 3.71. The molecule has 1 atom stereocenters. The van der Waals surface area contributed by atoms with Crippen LogP contribution < -0.4 is 10.6 Å². The Bertz CT molecular complexity index is 777. The van der Waals surface area contributed by atoms with E-state index in [1.165, 1.54) is 6.07 Å². The van der Waals surface area contributed by atoms with Crippen molar-refractivity contribution in [3.8, 4) is 0 Å². The SMILES string of the molecule is O=C(NC[C@H](c1ccsc1)N1CCCC1)C(=O)Nc1ccc(F)c(F)c1. The average Bonchev–Trinajstić information content (AvgIpc) is 3.32. The van der Waals surface area contributed by atoms with E-state index in [4.69, 9.17) is 0 Å². The van der Waals surface area contributed by atoms with Gasteiger partial charge >= 0.3 is 11.8 Å². The maximum Gasteiger partial charge on any atom is 0.313 e. The number of likely N-dealkylation sites (tertiary alicyclic amines) is 1. The number of anilines is 1. The Hall–Kier alpha value is -2.32. The van der Waals surface area contributed by atoms with Crippen LogP contribution in [0.15, 0.2) is 35.0 Å². The smallest absolute Gasteiger partial charge is 0.313 e. The summed E-state index contributed by atoms with van der Waals surface area (Å²) < 4.78 is 26.1. The van der Waals surface area contributed by atoms with Crippen LogP contribution in [0.2, 0.25) is 0 Å². The summed E-state index contributed by atoms with van der Waals surface area (Å²) in [5.41, 5.74) is 1.14. The predicted molar refractivity (Wildman–Crippen MR) is 95.9 cm³/mol. The number of carbonyl (C=O) groups excluding carboxylic acids is 2. The highest BCUT2D eigenvalue weighted by atomic mass is 32.1. The number of rotatable bonds is 5. The number of hydrogen-bond acceptors (Lipinski definition) is 4. The second-order valence-electron chi connectivity index (χ2n) is 6.11. The van der Waals surface area contributed by atoms with Crippen LogP contribution in [-0.4, -0.2) is 36.3 Å². The van der Waals surface area contributed by atoms with Crippen LogP contribution in [0.4, 0.5) is 14.5 Å². The highest BCUT2D eigenvalue weighted by Gasteiger charge is 2.25. The summed E-state index contributed by atoms with van der Waals surface area (Å²) in [4.78, 5) is 26.3. The number of benzene rings is 1. The minimum Gasteiger partial charge on any atom is -0.346 e. The van der Waals surface area contributed by atoms with Crippen molar-refractivity contribution in [3.63, 3.8) is 0 Å². The molecule has 0 bridgehead atoms. The molecule has 5 nitrogen and oxygen atoms in total. The van der Waals surface area contributed by atoms with Crippen molar-refractivity contribution in [2.24, 2.45) is 0 Å². The van der Waals surface area contributed by atoms with Gasteiger partial charge < -0.3 is 10.6 Å². The first kappa shape index (κ1) is 18.5. The maximum atomic E-state index is 13.2. The Morgan fingerprint density at radius 1 is 1.12 bits per heavy atom. The molecule has 1 aromatic heterocycles. The molecule has 0 radical (unpaired) electrons. The highest BCUT2D eigenvalue weighted by molar-refractivity contribution is 7.08. The van der Waals surface area contributed by atoms with E-state index in [0.29, 0.717) is 6.54 Å². The van der Waals surface area contributed by atoms with Crippen molar-refractivity contribution in [2.75, 3.05) is 25.0 Å². The molecule has 0 spiro atoms. The predicted octanol–water partition coefficient (Wildman–Crippen LogP) is 2.92. The third kappa shape index (κ3) is 4.44. The summed E-state index contributed by atoms with van der Waals surface area (Å²) in [5.74, 6) is -3.83. The van der Waals surface area contributed by atoms with Crippen LogP contribution in [0.1, 0.15) is 24.4 Å². The molecular formula is C18H19F2N3O2S. The van der Waals surface area contributed by atoms with Gasteiger partial charge in [-0.3, -0.25) is 14.5 Å². The summed E-state index contributed by atoms with van der Waals surface area (Å²) in [5, 5.41) is 8.93. The summed E-state index contributed by atoms with van der Waals surface area (Å²) in [6.07, 6.45) is 2.23. The monoisotopic (exact) mass is 379 g/mol. The normalized spacial score (nSPS) is 15.6. The van der Waals surface area contributed by atoms with Gasteiger partial charge in [0, 0.05) is 18.3 Å². The number of nitrogens with zero attached hydrogens (tertiary/aromatic N) is 1. The van der Waals surface area contributed by atoms with Gasteiger partial charge in [0.05, 0.1) is 6.04 Å². The fourth-order valence-electron chi connectivity index (χ4n) is 3.01. The second kappa shape index (κ2) is 8.37. The van der Waals surface area contributed by atoms with E-state index in [0.717, 1.165) is 43.6 Å². The highest BCUT2D eigenvalue weighted by Crippen LogP contribution is 2.26. The van der Waals surface area contributed by atoms with Gasteiger partial charge in [0.1, 0.15) is 0 Å². The molecule has 0 saturated carbocycles. The zero-order chi connectivity index (χ0) is 18.5. The van der Waals surface area contributed by atoms with E-state index in [2.05, 4.69) is 15.5 Å². The topological polar surface area (TPSA) is 61.4 Å². The van der Waals surface area contributed by atoms with Gasteiger partial charge in [-0.25, -0.2) is 8.78 Å². The molecule has 1 saturated heterocycles. The molecule has 0 unspecified atom stereocenters. The lowest BCUT2D eigenvalue weighted by Gasteiger charge is -2.27. The van der Waals surface area contributed by atoms with Gasteiger partial charge in [0.25, 0.3) is 0 Å². The van der Waals surface area contributed by atoms with Gasteiger partial charge in [-0.1, -0.05) is 0 Å². The van der Waals surface area contributed by atoms with Gasteiger partial charge in [0.15, 0.2) is 11.6 Å². The molecule has 3 rings (SSSR count). The van der Waals surface area contributed by atoms with Crippen molar-refractivity contribution < 1.29 is 18.4 Å². The number of halogens is 2. The maximum absolute atomic E-state index is 13.2. The lowest BCUT2D eigenvalue weighted by Crippen LogP contribution is -2.41. The minimum absolute atomic E-state index is 0.0174. The van der Waals surface area contributed by atoms with E-state index in [-0.39, 0.29) is 11.7 Å². The first-order valence-electron chi connectivity index (χ1n) is 8.35. The van der Waals surface area contributed by atoms with Crippen molar-refractivity contribution in [1.29, 1.82) is 0 Å². The molecule has 1 aromatic carbocycles. The molecule has 2 amide bonds. The van der Waals surface area contributed by atoms with Crippen molar-refractivity contribution in [3.05, 3.63) is 52.2 Å². The number of carbonyl (C=O) groups is 2. The van der Waals surface area contributed by atoms with Crippen molar-refractivity contribution in [1.82, 2.24) is 10.2 Å². The van der Waals surface area contributed by atoms with Crippen LogP contribution in [0.3, 0.4) is 0 Å². The van der Waals surface area contributed by atoms with Crippen LogP contribution in [0, 0.1) is 11.6 Å². The standard InChI is InChI=1S/C18H19F2N3O2S/c19-14-4-3-13(9-15(14)20)22-18(25)17(24)21-10-16(12-5-8-26-11-12)23-6-1-2-7-23/h3-5,8-9,11,16H,1-2,6-7,10H2,(H,21,24)(H,22,25)/t16-/m1/s1. The largest absolute Gasteiger partial charge is 0.346 e. The Labute approximate surface area is 154 Å². The van der Waals surface area contributed by atoms with Crippen LogP contribution in [-0.2, 0) is 9.59 Å². The molecule has 1 aliphatic heterocycles. The lowest BCUT2D eigenvalue weighted by molar-refractivity contribution is -0.136. The van der Waals surface area contributed by atoms with E-state index < -0.39 is 23.4 Å². The molecule has 1 fully saturated rings. The molecule has 138 valence electrons. The van der Waals surface area contributed by atoms with E-state index >= 15 is 0 Å². The Morgan fingerprint density at radius 2 is 1.88 bits per heavy atom. The van der Waals surface area contributed by atoms with Crippen molar-refractivity contribution >= 4 is 28.8 Å². The first-order valence-corrected chi connectivity index (χ1v) is 9.29. The van der Waals surface area contributed by atoms with E-state index in [1.807, 2.05) is 16.8 Å². The average molecular weight is 379 g/mol. The Kier molecular flexibility index (Phi) is 5.95. The molecule has 1 aliphatic rings. The van der Waals surface area contributed by atoms with Crippen LogP contribution >= 0.6 is 11.3 Å². The molecule has 0 aliphatic carbocycles. The van der Waals surface area contributed by atoms with Crippen molar-refractivity contribution in [2.45, 2.75) is 18.9 Å². The van der Waals surface area contributed by atoms with Gasteiger partial charge in [-0.15, -0.1) is 0 Å². The quantitative estimate of drug-likeness (QED) is 0.786. The molecule has 26 heavy (non-hydrogen) atoms. The summed E-state index contributed by atoms with van der Waals surface area (Å²) in [7, 11) is 0. The molecular weight excluding hydrogens is 360 g/mol. The van der Waals surface area contributed by atoms with Gasteiger partial charge in [0.2, 0.25) is 0 Å². The zero-order valence-electron chi connectivity index (χ0n) is 14.0. The third-order valence-electron chi connectivity index (χ3n) is 4.35. The summed E-state index contributed by atoms with van der Waals surface area (Å²) in [6, 6.07) is 4.95. The zero-order valence-corrected chi connectivity index (χ0v) is 14.8. The third-order valence-corrected chi connectivity index (χ3v) is 5.05. The van der Waals surface area contributed by atoms with Crippen LogP contribution in [0.5, 0.6) is 0 Å². The molecule has 2 aromatic rings. The minimum atomic E-state index is -1.09. The van der Waals surface area contributed by atoms with Gasteiger partial charge in [-0.05, 0) is 60.5 Å². The number of hydrogen-bond donors (Lipinski definition) is 2.